The molecule has 3 fully saturated rings. The number of nitrogens with zero attached hydrogens (tertiary/aromatic N) is 2. The van der Waals surface area contributed by atoms with Crippen molar-refractivity contribution < 1.29 is 47.6 Å². The number of amides is 4. The predicted molar refractivity (Wildman–Crippen MR) is 238 cm³/mol. The van der Waals surface area contributed by atoms with Crippen LogP contribution in [0.5, 0.6) is 28.7 Å². The van der Waals surface area contributed by atoms with Crippen molar-refractivity contribution in [3.63, 3.8) is 0 Å². The Balaban J connectivity index is 1.15. The molecular weight excluding hydrogens is 841 g/mol. The molecule has 2 saturated heterocycles. The van der Waals surface area contributed by atoms with Gasteiger partial charge < -0.3 is 24.1 Å². The number of rotatable bonds is 11. The van der Waals surface area contributed by atoms with Gasteiger partial charge in [-0.3, -0.25) is 29.5 Å². The largest absolute Gasteiger partial charge is 0.508 e. The van der Waals surface area contributed by atoms with Gasteiger partial charge in [-0.2, -0.15) is 5.01 Å². The number of ether oxygens (including phenoxy) is 4. The Labute approximate surface area is 373 Å². The first-order valence-corrected chi connectivity index (χ1v) is 21.0. The zero-order valence-corrected chi connectivity index (χ0v) is 36.0. The molecule has 2 N–H and O–H groups in total. The Kier molecular flexibility index (Phi) is 10.9. The Bertz CT molecular complexity index is 2730. The lowest BCUT2D eigenvalue weighted by molar-refractivity contribution is -0.138. The van der Waals surface area contributed by atoms with Gasteiger partial charge in [0.25, 0.3) is 11.8 Å². The molecule has 2 aliphatic heterocycles. The van der Waals surface area contributed by atoms with E-state index < -0.39 is 58.5 Å². The highest BCUT2D eigenvalue weighted by Crippen LogP contribution is 2.66. The Morgan fingerprint density at radius 1 is 0.750 bits per heavy atom. The molecule has 0 aromatic heterocycles. The second kappa shape index (κ2) is 16.5. The van der Waals surface area contributed by atoms with Crippen LogP contribution in [0.1, 0.15) is 41.0 Å². The zero-order chi connectivity index (χ0) is 45.0. The maximum absolute atomic E-state index is 15.6. The second-order valence-corrected chi connectivity index (χ2v) is 16.6. The van der Waals surface area contributed by atoms with Crippen molar-refractivity contribution in [2.75, 3.05) is 38.8 Å². The molecule has 64 heavy (non-hydrogen) atoms. The SMILES string of the molecule is COc1ccc(OC)c(C=Cc2ccc(N3C(=O)[C@H]4[C@H](CC=C5[C@H]4C[C@H]4C(=O)N(Nc6ccc(F)cc6)C(=O)[C@@]4(c4ccc(Cl)cc4)[C@H]5c4c(OC)cc(O)cc4OC)C3=O)cc2)c1. The number of nitrogens with one attached hydrogen (secondary N) is 1. The Hall–Kier alpha value is -7.12. The van der Waals surface area contributed by atoms with Crippen LogP contribution in [0.15, 0.2) is 115 Å². The molecule has 4 aliphatic rings. The van der Waals surface area contributed by atoms with Crippen molar-refractivity contribution in [1.82, 2.24) is 5.01 Å². The summed E-state index contributed by atoms with van der Waals surface area (Å²) in [6.45, 7) is 0. The fraction of sp³-hybridized carbons (Fsp3) is 0.240. The van der Waals surface area contributed by atoms with Crippen LogP contribution in [0, 0.1) is 29.5 Å². The average Bonchev–Trinajstić information content (AvgIpc) is 3.69. The second-order valence-electron chi connectivity index (χ2n) is 16.2. The molecule has 326 valence electrons. The summed E-state index contributed by atoms with van der Waals surface area (Å²) >= 11 is 6.44. The number of phenols is 1. The highest BCUT2D eigenvalue weighted by atomic mass is 35.5. The molecule has 9 rings (SSSR count). The minimum absolute atomic E-state index is 0.0192. The lowest BCUT2D eigenvalue weighted by Crippen LogP contribution is -2.53. The minimum Gasteiger partial charge on any atom is -0.508 e. The van der Waals surface area contributed by atoms with Gasteiger partial charge in [-0.15, -0.1) is 0 Å². The van der Waals surface area contributed by atoms with Crippen molar-refractivity contribution in [3.05, 3.63) is 148 Å². The van der Waals surface area contributed by atoms with E-state index in [1.165, 1.54) is 55.5 Å². The smallest absolute Gasteiger partial charge is 0.260 e. The first kappa shape index (κ1) is 42.2. The molecule has 1 saturated carbocycles. The average molecular weight is 884 g/mol. The van der Waals surface area contributed by atoms with Gasteiger partial charge in [-0.1, -0.05) is 59.7 Å². The predicted octanol–water partition coefficient (Wildman–Crippen LogP) is 8.58. The van der Waals surface area contributed by atoms with E-state index in [4.69, 9.17) is 30.5 Å². The third-order valence-corrected chi connectivity index (χ3v) is 13.4. The molecule has 6 atom stereocenters. The highest BCUT2D eigenvalue weighted by Gasteiger charge is 2.71. The monoisotopic (exact) mass is 883 g/mol. The van der Waals surface area contributed by atoms with Gasteiger partial charge in [0.15, 0.2) is 0 Å². The first-order valence-electron chi connectivity index (χ1n) is 20.6. The van der Waals surface area contributed by atoms with Crippen molar-refractivity contribution in [3.8, 4) is 28.7 Å². The molecule has 14 heteroatoms. The van der Waals surface area contributed by atoms with Crippen LogP contribution >= 0.6 is 11.6 Å². The third kappa shape index (κ3) is 6.73. The lowest BCUT2D eigenvalue weighted by Gasteiger charge is -2.51. The van der Waals surface area contributed by atoms with Gasteiger partial charge in [0, 0.05) is 34.2 Å². The number of allylic oxidation sites excluding steroid dienone is 2. The number of carbonyl (C=O) groups excluding carboxylic acids is 4. The number of hydrogen-bond acceptors (Lipinski definition) is 10. The topological polar surface area (TPSA) is 144 Å². The normalized spacial score (nSPS) is 23.7. The zero-order valence-electron chi connectivity index (χ0n) is 35.2. The van der Waals surface area contributed by atoms with E-state index in [2.05, 4.69) is 5.43 Å². The summed E-state index contributed by atoms with van der Waals surface area (Å²) in [5.41, 5.74) is 5.01. The van der Waals surface area contributed by atoms with Gasteiger partial charge in [0.2, 0.25) is 11.8 Å². The molecule has 0 unspecified atom stereocenters. The minimum atomic E-state index is -1.70. The maximum atomic E-state index is 15.6. The van der Waals surface area contributed by atoms with Crippen LogP contribution in [-0.4, -0.2) is 62.2 Å². The molecule has 4 amide bonds. The number of fused-ring (bicyclic) bond motifs is 4. The quantitative estimate of drug-likeness (QED) is 0.0752. The molecule has 0 radical (unpaired) electrons. The summed E-state index contributed by atoms with van der Waals surface area (Å²) in [6.07, 6.45) is 5.88. The van der Waals surface area contributed by atoms with Gasteiger partial charge in [-0.05, 0) is 96.6 Å². The van der Waals surface area contributed by atoms with Crippen molar-refractivity contribution in [2.45, 2.75) is 24.2 Å². The number of halogens is 2. The fourth-order valence-corrected chi connectivity index (χ4v) is 10.4. The first-order chi connectivity index (χ1) is 30.9. The van der Waals surface area contributed by atoms with Crippen LogP contribution in [-0.2, 0) is 24.6 Å². The number of hydrazine groups is 1. The number of benzene rings is 5. The molecule has 0 spiro atoms. The maximum Gasteiger partial charge on any atom is 0.260 e. The number of aromatic hydroxyl groups is 1. The molecule has 5 aromatic carbocycles. The summed E-state index contributed by atoms with van der Waals surface area (Å²) < 4.78 is 36.8. The summed E-state index contributed by atoms with van der Waals surface area (Å²) in [4.78, 5) is 61.3. The Morgan fingerprint density at radius 2 is 1.42 bits per heavy atom. The molecule has 5 aromatic rings. The molecule has 2 aliphatic carbocycles. The number of methoxy groups -OCH3 is 4. The number of carbonyl (C=O) groups is 4. The van der Waals surface area contributed by atoms with Crippen LogP contribution in [0.4, 0.5) is 15.8 Å². The van der Waals surface area contributed by atoms with Gasteiger partial charge in [0.1, 0.15) is 34.6 Å². The van der Waals surface area contributed by atoms with E-state index in [9.17, 15) is 19.1 Å². The van der Waals surface area contributed by atoms with Crippen LogP contribution in [0.3, 0.4) is 0 Å². The molecule has 2 heterocycles. The number of imide groups is 2. The van der Waals surface area contributed by atoms with E-state index in [0.29, 0.717) is 38.9 Å². The number of hydrogen-bond donors (Lipinski definition) is 2. The van der Waals surface area contributed by atoms with Crippen LogP contribution in [0.25, 0.3) is 12.2 Å². The van der Waals surface area contributed by atoms with E-state index >= 15 is 9.59 Å². The van der Waals surface area contributed by atoms with E-state index in [-0.39, 0.29) is 41.7 Å². The fourth-order valence-electron chi connectivity index (χ4n) is 10.3. The van der Waals surface area contributed by atoms with Crippen molar-refractivity contribution in [1.29, 1.82) is 0 Å². The van der Waals surface area contributed by atoms with Crippen LogP contribution < -0.4 is 29.3 Å². The van der Waals surface area contributed by atoms with Crippen LogP contribution in [0.2, 0.25) is 5.02 Å². The van der Waals surface area contributed by atoms with Crippen molar-refractivity contribution >= 4 is 58.8 Å². The van der Waals surface area contributed by atoms with Gasteiger partial charge in [-0.25, -0.2) is 4.39 Å². The Morgan fingerprint density at radius 3 is 2.06 bits per heavy atom. The van der Waals surface area contributed by atoms with E-state index in [0.717, 1.165) is 16.1 Å². The lowest BCUT2D eigenvalue weighted by atomic mass is 9.49. The van der Waals surface area contributed by atoms with Gasteiger partial charge >= 0.3 is 0 Å². The number of anilines is 2. The van der Waals surface area contributed by atoms with E-state index in [1.54, 1.807) is 50.6 Å². The molecular formula is C50H43ClFN3O9. The highest BCUT2D eigenvalue weighted by molar-refractivity contribution is 6.30. The summed E-state index contributed by atoms with van der Waals surface area (Å²) in [5, 5.41) is 12.2. The standard InChI is InChI=1S/C50H43ClFN3O9/c1-61-35-19-22-40(62-2)28(23-35)8-5-27-6-17-33(18-7-27)54-46(57)37-21-20-36-38(43(37)48(54)59)26-39-47(58)55(53-32-15-13-31(52)14-16-32)49(60)50(39,29-9-11-30(51)12-10-29)45(36)44-41(63-3)24-34(56)25-42(44)64-4/h5-20,22-25,37-39,43,45,53,56H,21,26H2,1-4H3/t37-,38+,39-,43-,45+,50+/m0/s1. The summed E-state index contributed by atoms with van der Waals surface area (Å²) in [7, 11) is 6.03. The summed E-state index contributed by atoms with van der Waals surface area (Å²) in [5.74, 6) is -5.48. The van der Waals surface area contributed by atoms with E-state index in [1.807, 2.05) is 48.6 Å². The molecule has 12 nitrogen and oxygen atoms in total. The number of phenolic OH excluding ortho intramolecular Hbond substituents is 1. The molecule has 0 bridgehead atoms. The van der Waals surface area contributed by atoms with Crippen molar-refractivity contribution in [2.24, 2.45) is 23.7 Å². The third-order valence-electron chi connectivity index (χ3n) is 13.1. The van der Waals surface area contributed by atoms with Gasteiger partial charge in [0.05, 0.1) is 63.0 Å². The summed E-state index contributed by atoms with van der Waals surface area (Å²) in [6, 6.07) is 27.3.